The van der Waals surface area contributed by atoms with Gasteiger partial charge in [-0.15, -0.1) is 0 Å². The van der Waals surface area contributed by atoms with E-state index in [-0.39, 0.29) is 46.3 Å². The number of benzene rings is 4. The molecule has 1 unspecified atom stereocenters. The molecule has 0 radical (unpaired) electrons. The van der Waals surface area contributed by atoms with Crippen LogP contribution in [0.15, 0.2) is 114 Å². The highest BCUT2D eigenvalue weighted by molar-refractivity contribution is 7.92. The first-order chi connectivity index (χ1) is 22.8. The summed E-state index contributed by atoms with van der Waals surface area (Å²) in [6.07, 6.45) is 5.23. The molecule has 1 atom stereocenters. The molecule has 5 rings (SSSR count). The Morgan fingerprint density at radius 1 is 0.851 bits per heavy atom. The van der Waals surface area contributed by atoms with Crippen molar-refractivity contribution in [1.29, 1.82) is 0 Å². The number of carbonyl (C=O) groups is 2. The van der Waals surface area contributed by atoms with Gasteiger partial charge in [-0.3, -0.25) is 13.9 Å². The first-order valence-corrected chi connectivity index (χ1v) is 17.7. The summed E-state index contributed by atoms with van der Waals surface area (Å²) >= 11 is 6.37. The lowest BCUT2D eigenvalue weighted by atomic mass is 9.94. The number of sulfonamides is 1. The van der Waals surface area contributed by atoms with Crippen LogP contribution in [-0.2, 0) is 32.6 Å². The molecule has 1 saturated carbocycles. The third-order valence-electron chi connectivity index (χ3n) is 8.44. The van der Waals surface area contributed by atoms with Crippen molar-refractivity contribution in [1.82, 2.24) is 10.2 Å². The Balaban J connectivity index is 1.58. The molecule has 4 aromatic rings. The van der Waals surface area contributed by atoms with Gasteiger partial charge in [-0.1, -0.05) is 110 Å². The lowest BCUT2D eigenvalue weighted by Gasteiger charge is -2.35. The van der Waals surface area contributed by atoms with Crippen LogP contribution < -0.4 is 14.4 Å². The van der Waals surface area contributed by atoms with Crippen LogP contribution in [0.1, 0.15) is 43.2 Å². The second-order valence-electron chi connectivity index (χ2n) is 11.7. The van der Waals surface area contributed by atoms with Gasteiger partial charge in [0.2, 0.25) is 11.8 Å². The van der Waals surface area contributed by atoms with Crippen LogP contribution in [0.25, 0.3) is 0 Å². The van der Waals surface area contributed by atoms with E-state index in [0.717, 1.165) is 47.5 Å². The molecule has 0 aliphatic heterocycles. The summed E-state index contributed by atoms with van der Waals surface area (Å²) in [6.45, 7) is -0.496. The van der Waals surface area contributed by atoms with E-state index in [4.69, 9.17) is 16.3 Å². The average molecular weight is 674 g/mol. The minimum atomic E-state index is -4.29. The highest BCUT2D eigenvalue weighted by Crippen LogP contribution is 2.35. The Labute approximate surface area is 282 Å². The number of rotatable bonds is 13. The van der Waals surface area contributed by atoms with Gasteiger partial charge in [-0.2, -0.15) is 0 Å². The van der Waals surface area contributed by atoms with Gasteiger partial charge in [-0.05, 0) is 54.3 Å². The molecule has 0 heterocycles. The fraction of sp³-hybridized carbons (Fsp3) is 0.297. The number of nitrogens with zero attached hydrogens (tertiary/aromatic N) is 2. The molecular weight excluding hydrogens is 634 g/mol. The highest BCUT2D eigenvalue weighted by atomic mass is 35.5. The topological polar surface area (TPSA) is 96.0 Å². The quantitative estimate of drug-likeness (QED) is 0.172. The fourth-order valence-electron chi connectivity index (χ4n) is 5.97. The normalized spacial score (nSPS) is 14.2. The summed E-state index contributed by atoms with van der Waals surface area (Å²) in [5.41, 5.74) is 1.80. The zero-order valence-electron chi connectivity index (χ0n) is 26.4. The lowest BCUT2D eigenvalue weighted by molar-refractivity contribution is -0.140. The third kappa shape index (κ3) is 8.73. The zero-order valence-corrected chi connectivity index (χ0v) is 28.0. The van der Waals surface area contributed by atoms with Gasteiger partial charge < -0.3 is 15.0 Å². The van der Waals surface area contributed by atoms with Gasteiger partial charge in [0, 0.05) is 24.0 Å². The fourth-order valence-corrected chi connectivity index (χ4v) is 7.57. The first-order valence-electron chi connectivity index (χ1n) is 15.9. The van der Waals surface area contributed by atoms with Crippen molar-refractivity contribution in [3.05, 3.63) is 125 Å². The first kappa shape index (κ1) is 34.0. The number of nitrogens with one attached hydrogen (secondary N) is 1. The molecule has 2 amide bonds. The van der Waals surface area contributed by atoms with Crippen LogP contribution in [0.5, 0.6) is 5.75 Å². The van der Waals surface area contributed by atoms with Crippen molar-refractivity contribution in [2.75, 3.05) is 18.0 Å². The van der Waals surface area contributed by atoms with Gasteiger partial charge in [0.15, 0.2) is 0 Å². The molecule has 1 aliphatic rings. The Hall–Kier alpha value is -4.34. The molecule has 1 fully saturated rings. The number of carbonyl (C=O) groups excluding carboxylic acids is 2. The average Bonchev–Trinajstić information content (AvgIpc) is 3.10. The summed E-state index contributed by atoms with van der Waals surface area (Å²) in [5.74, 6) is -0.579. The zero-order chi connectivity index (χ0) is 33.2. The van der Waals surface area contributed by atoms with Crippen LogP contribution >= 0.6 is 11.6 Å². The van der Waals surface area contributed by atoms with Crippen molar-refractivity contribution in [2.24, 2.45) is 0 Å². The maximum atomic E-state index is 14.7. The standard InChI is InChI=1S/C37H40ClN3O5S/c1-46-35-23-22-30(38)25-33(35)41(47(44,45)32-20-12-5-13-21-32)27-36(42)40(26-29-16-8-3-9-17-29)34(24-28-14-6-2-7-15-28)37(43)39-31-18-10-4-11-19-31/h2-3,5-9,12-17,20-23,25,31,34H,4,10-11,18-19,24,26-27H2,1H3,(H,39,43). The van der Waals surface area contributed by atoms with Gasteiger partial charge in [0.25, 0.3) is 10.0 Å². The minimum absolute atomic E-state index is 0.000292. The van der Waals surface area contributed by atoms with Crippen molar-refractivity contribution >= 4 is 39.1 Å². The predicted molar refractivity (Wildman–Crippen MR) is 185 cm³/mol. The second-order valence-corrected chi connectivity index (χ2v) is 14.0. The summed E-state index contributed by atoms with van der Waals surface area (Å²) in [4.78, 5) is 30.4. The predicted octanol–water partition coefficient (Wildman–Crippen LogP) is 6.63. The Bertz CT molecular complexity index is 1730. The number of methoxy groups -OCH3 is 1. The molecule has 1 aliphatic carbocycles. The Kier molecular flexibility index (Phi) is 11.6. The number of ether oxygens (including phenoxy) is 1. The van der Waals surface area contributed by atoms with E-state index in [2.05, 4.69) is 5.32 Å². The van der Waals surface area contributed by atoms with Gasteiger partial charge in [-0.25, -0.2) is 8.42 Å². The minimum Gasteiger partial charge on any atom is -0.495 e. The van der Waals surface area contributed by atoms with E-state index < -0.39 is 28.5 Å². The molecule has 10 heteroatoms. The molecular formula is C37H40ClN3O5S. The van der Waals surface area contributed by atoms with E-state index in [1.807, 2.05) is 60.7 Å². The summed E-state index contributed by atoms with van der Waals surface area (Å²) in [5, 5.41) is 3.50. The Morgan fingerprint density at radius 2 is 1.45 bits per heavy atom. The number of amides is 2. The summed E-state index contributed by atoms with van der Waals surface area (Å²) in [7, 11) is -2.86. The molecule has 1 N–H and O–H groups in total. The van der Waals surface area contributed by atoms with Gasteiger partial charge in [0.05, 0.1) is 17.7 Å². The van der Waals surface area contributed by atoms with Crippen molar-refractivity contribution in [2.45, 2.75) is 62.0 Å². The molecule has 8 nitrogen and oxygen atoms in total. The summed E-state index contributed by atoms with van der Waals surface area (Å²) in [6, 6.07) is 30.6. The second kappa shape index (κ2) is 16.0. The molecule has 47 heavy (non-hydrogen) atoms. The van der Waals surface area contributed by atoms with Gasteiger partial charge in [0.1, 0.15) is 18.3 Å². The van der Waals surface area contributed by atoms with Crippen LogP contribution in [0.3, 0.4) is 0 Å². The molecule has 0 aromatic heterocycles. The van der Waals surface area contributed by atoms with Crippen molar-refractivity contribution in [3.63, 3.8) is 0 Å². The SMILES string of the molecule is COc1ccc(Cl)cc1N(CC(=O)N(Cc1ccccc1)C(Cc1ccccc1)C(=O)NC1CCCCC1)S(=O)(=O)c1ccccc1. The maximum Gasteiger partial charge on any atom is 0.264 e. The number of anilines is 1. The lowest BCUT2D eigenvalue weighted by Crippen LogP contribution is -2.55. The third-order valence-corrected chi connectivity index (χ3v) is 10.4. The van der Waals surface area contributed by atoms with E-state index in [9.17, 15) is 18.0 Å². The van der Waals surface area contributed by atoms with Crippen molar-refractivity contribution < 1.29 is 22.7 Å². The molecule has 0 bridgehead atoms. The molecule has 0 spiro atoms. The molecule has 4 aromatic carbocycles. The Morgan fingerprint density at radius 3 is 2.06 bits per heavy atom. The van der Waals surface area contributed by atoms with E-state index >= 15 is 0 Å². The van der Waals surface area contributed by atoms with Crippen LogP contribution in [0, 0.1) is 0 Å². The highest BCUT2D eigenvalue weighted by Gasteiger charge is 2.36. The number of hydrogen-bond acceptors (Lipinski definition) is 5. The van der Waals surface area contributed by atoms with Crippen molar-refractivity contribution in [3.8, 4) is 5.75 Å². The van der Waals surface area contributed by atoms with E-state index in [1.165, 1.54) is 30.2 Å². The molecule has 246 valence electrons. The number of hydrogen-bond donors (Lipinski definition) is 1. The largest absolute Gasteiger partial charge is 0.495 e. The smallest absolute Gasteiger partial charge is 0.264 e. The monoisotopic (exact) mass is 673 g/mol. The maximum absolute atomic E-state index is 14.7. The van der Waals surface area contributed by atoms with E-state index in [0.29, 0.717) is 0 Å². The van der Waals surface area contributed by atoms with E-state index in [1.54, 1.807) is 30.3 Å². The van der Waals surface area contributed by atoms with Gasteiger partial charge >= 0.3 is 0 Å². The number of halogens is 1. The summed E-state index contributed by atoms with van der Waals surface area (Å²) < 4.78 is 35.1. The van der Waals surface area contributed by atoms with Crippen LogP contribution in [-0.4, -0.2) is 50.9 Å². The van der Waals surface area contributed by atoms with Crippen LogP contribution in [0.4, 0.5) is 5.69 Å². The van der Waals surface area contributed by atoms with Crippen LogP contribution in [0.2, 0.25) is 5.02 Å². The molecule has 0 saturated heterocycles.